The van der Waals surface area contributed by atoms with Gasteiger partial charge in [0.15, 0.2) is 11.6 Å². The molecule has 2 aromatic carbocycles. The molecule has 0 spiro atoms. The molecule has 33 heavy (non-hydrogen) atoms. The molecule has 2 fully saturated rings. The van der Waals surface area contributed by atoms with Gasteiger partial charge in [0.05, 0.1) is 6.61 Å². The number of ether oxygens (including phenoxy) is 1. The van der Waals surface area contributed by atoms with Gasteiger partial charge in [0.1, 0.15) is 5.75 Å². The predicted octanol–water partition coefficient (Wildman–Crippen LogP) is 9.04. The summed E-state index contributed by atoms with van der Waals surface area (Å²) < 4.78 is 33.1. The van der Waals surface area contributed by atoms with E-state index < -0.39 is 11.6 Å². The zero-order valence-corrected chi connectivity index (χ0v) is 20.6. The molecule has 0 amide bonds. The monoisotopic (exact) mass is 454 g/mol. The van der Waals surface area contributed by atoms with Crippen LogP contribution in [-0.4, -0.2) is 6.61 Å². The van der Waals surface area contributed by atoms with Crippen molar-refractivity contribution in [3.63, 3.8) is 0 Å². The van der Waals surface area contributed by atoms with E-state index >= 15 is 0 Å². The van der Waals surface area contributed by atoms with Gasteiger partial charge in [0.2, 0.25) is 0 Å². The molecule has 2 aliphatic carbocycles. The maximum atomic E-state index is 13.7. The normalized spacial score (nSPS) is 25.7. The van der Waals surface area contributed by atoms with Crippen LogP contribution in [-0.2, 0) is 0 Å². The van der Waals surface area contributed by atoms with E-state index in [0.29, 0.717) is 5.56 Å². The fraction of sp³-hybridized carbons (Fsp3) is 0.600. The number of aryl methyl sites for hydroxylation is 2. The summed E-state index contributed by atoms with van der Waals surface area (Å²) in [5.74, 6) is 3.06. The molecule has 0 saturated heterocycles. The molecule has 0 N–H and O–H groups in total. The molecule has 2 aromatic rings. The van der Waals surface area contributed by atoms with Gasteiger partial charge in [-0.1, -0.05) is 38.7 Å². The van der Waals surface area contributed by atoms with Crippen molar-refractivity contribution in [2.45, 2.75) is 85.0 Å². The largest absolute Gasteiger partial charge is 0.494 e. The molecule has 0 bridgehead atoms. The Balaban J connectivity index is 1.22. The Bertz CT molecular complexity index is 898. The first-order valence-electron chi connectivity index (χ1n) is 13.1. The minimum atomic E-state index is -0.814. The molecule has 180 valence electrons. The lowest BCUT2D eigenvalue weighted by Gasteiger charge is -2.37. The first kappa shape index (κ1) is 24.2. The van der Waals surface area contributed by atoms with Gasteiger partial charge in [-0.25, -0.2) is 8.78 Å². The van der Waals surface area contributed by atoms with E-state index in [1.54, 1.807) is 6.07 Å². The van der Waals surface area contributed by atoms with Crippen molar-refractivity contribution >= 4 is 0 Å². The lowest BCUT2D eigenvalue weighted by molar-refractivity contribution is 0.144. The molecule has 0 aromatic heterocycles. The van der Waals surface area contributed by atoms with Crippen molar-refractivity contribution in [1.29, 1.82) is 0 Å². The highest BCUT2D eigenvalue weighted by Crippen LogP contribution is 2.42. The van der Waals surface area contributed by atoms with Gasteiger partial charge in [0.25, 0.3) is 0 Å². The van der Waals surface area contributed by atoms with Crippen LogP contribution >= 0.6 is 0 Å². The zero-order chi connectivity index (χ0) is 23.4. The van der Waals surface area contributed by atoms with E-state index in [-0.39, 0.29) is 0 Å². The number of benzene rings is 2. The third-order valence-corrected chi connectivity index (χ3v) is 8.36. The van der Waals surface area contributed by atoms with Crippen LogP contribution in [0, 0.1) is 49.2 Å². The van der Waals surface area contributed by atoms with E-state index in [2.05, 4.69) is 6.92 Å². The lowest BCUT2D eigenvalue weighted by Crippen LogP contribution is -2.25. The summed E-state index contributed by atoms with van der Waals surface area (Å²) in [5.41, 5.74) is 3.69. The highest BCUT2D eigenvalue weighted by atomic mass is 19.2. The van der Waals surface area contributed by atoms with Crippen LogP contribution in [0.1, 0.15) is 82.3 Å². The molecule has 0 unspecified atom stereocenters. The zero-order valence-electron chi connectivity index (χ0n) is 20.6. The Hall–Kier alpha value is -1.90. The smallest absolute Gasteiger partial charge is 0.159 e. The van der Waals surface area contributed by atoms with Gasteiger partial charge in [-0.2, -0.15) is 0 Å². The number of hydrogen-bond donors (Lipinski definition) is 0. The van der Waals surface area contributed by atoms with Gasteiger partial charge in [-0.05, 0) is 123 Å². The Morgan fingerprint density at radius 3 is 2.00 bits per heavy atom. The summed E-state index contributed by atoms with van der Waals surface area (Å²) in [6, 6.07) is 8.13. The maximum absolute atomic E-state index is 13.7. The first-order valence-corrected chi connectivity index (χ1v) is 13.1. The van der Waals surface area contributed by atoms with Crippen LogP contribution in [0.25, 0.3) is 11.1 Å². The van der Waals surface area contributed by atoms with E-state index in [4.69, 9.17) is 4.74 Å². The molecule has 4 rings (SSSR count). The molecule has 0 radical (unpaired) electrons. The lowest BCUT2D eigenvalue weighted by atomic mass is 9.69. The van der Waals surface area contributed by atoms with E-state index in [1.165, 1.54) is 69.9 Å². The second-order valence-corrected chi connectivity index (χ2v) is 10.9. The van der Waals surface area contributed by atoms with Crippen LogP contribution in [0.2, 0.25) is 0 Å². The quantitative estimate of drug-likeness (QED) is 0.379. The highest BCUT2D eigenvalue weighted by Gasteiger charge is 2.29. The van der Waals surface area contributed by atoms with Gasteiger partial charge in [-0.15, -0.1) is 0 Å². The van der Waals surface area contributed by atoms with Crippen LogP contribution in [0.15, 0.2) is 30.3 Å². The Morgan fingerprint density at radius 1 is 0.788 bits per heavy atom. The summed E-state index contributed by atoms with van der Waals surface area (Å²) in [6.07, 6.45) is 13.9. The summed E-state index contributed by atoms with van der Waals surface area (Å²) in [6.45, 7) is 7.16. The van der Waals surface area contributed by atoms with Gasteiger partial charge < -0.3 is 4.74 Å². The second-order valence-electron chi connectivity index (χ2n) is 10.9. The first-order chi connectivity index (χ1) is 15.9. The molecular weight excluding hydrogens is 414 g/mol. The van der Waals surface area contributed by atoms with Gasteiger partial charge in [0, 0.05) is 0 Å². The molecular formula is C30H40F2O. The standard InChI is InChI=1S/C30H40F2O/c1-20-6-10-24(11-7-20)25-12-8-23(9-13-25)5-4-16-33-27-17-21(2)30(22(3)18-27)26-14-15-28(31)29(32)19-26/h14-15,17-20,23-25H,4-13,16H2,1-3H3. The van der Waals surface area contributed by atoms with Crippen molar-refractivity contribution in [2.24, 2.45) is 23.7 Å². The average molecular weight is 455 g/mol. The summed E-state index contributed by atoms with van der Waals surface area (Å²) in [4.78, 5) is 0. The molecule has 2 aliphatic rings. The Labute approximate surface area is 198 Å². The Morgan fingerprint density at radius 2 is 1.39 bits per heavy atom. The number of rotatable bonds is 7. The van der Waals surface area contributed by atoms with E-state index in [1.807, 2.05) is 26.0 Å². The van der Waals surface area contributed by atoms with E-state index in [0.717, 1.165) is 59.1 Å². The molecule has 2 saturated carbocycles. The van der Waals surface area contributed by atoms with Crippen molar-refractivity contribution < 1.29 is 13.5 Å². The molecule has 0 aliphatic heterocycles. The third-order valence-electron chi connectivity index (χ3n) is 8.36. The minimum Gasteiger partial charge on any atom is -0.494 e. The van der Waals surface area contributed by atoms with Gasteiger partial charge >= 0.3 is 0 Å². The fourth-order valence-corrected chi connectivity index (χ4v) is 6.38. The summed E-state index contributed by atoms with van der Waals surface area (Å²) in [5, 5.41) is 0. The number of hydrogen-bond acceptors (Lipinski definition) is 1. The molecule has 1 nitrogen and oxygen atoms in total. The fourth-order valence-electron chi connectivity index (χ4n) is 6.38. The maximum Gasteiger partial charge on any atom is 0.159 e. The Kier molecular flexibility index (Phi) is 8.09. The minimum absolute atomic E-state index is 0.703. The van der Waals surface area contributed by atoms with Crippen molar-refractivity contribution in [3.8, 4) is 16.9 Å². The summed E-state index contributed by atoms with van der Waals surface area (Å²) in [7, 11) is 0. The van der Waals surface area contributed by atoms with Crippen LogP contribution in [0.5, 0.6) is 5.75 Å². The SMILES string of the molecule is Cc1cc(OCCCC2CCC(C3CCC(C)CC3)CC2)cc(C)c1-c1ccc(F)c(F)c1. The third kappa shape index (κ3) is 6.16. The highest BCUT2D eigenvalue weighted by molar-refractivity contribution is 5.72. The average Bonchev–Trinajstić information content (AvgIpc) is 2.80. The molecule has 0 atom stereocenters. The van der Waals surface area contributed by atoms with Crippen LogP contribution in [0.4, 0.5) is 8.78 Å². The molecule has 3 heteroatoms. The van der Waals surface area contributed by atoms with Crippen LogP contribution < -0.4 is 4.74 Å². The summed E-state index contributed by atoms with van der Waals surface area (Å²) >= 11 is 0. The predicted molar refractivity (Wildman–Crippen MR) is 133 cm³/mol. The van der Waals surface area contributed by atoms with E-state index in [9.17, 15) is 8.78 Å². The number of halogens is 2. The van der Waals surface area contributed by atoms with Crippen molar-refractivity contribution in [1.82, 2.24) is 0 Å². The van der Waals surface area contributed by atoms with Crippen molar-refractivity contribution in [2.75, 3.05) is 6.61 Å². The van der Waals surface area contributed by atoms with Crippen molar-refractivity contribution in [3.05, 3.63) is 53.1 Å². The van der Waals surface area contributed by atoms with Crippen LogP contribution in [0.3, 0.4) is 0 Å². The second kappa shape index (κ2) is 11.0. The topological polar surface area (TPSA) is 9.23 Å². The molecule has 0 heterocycles. The van der Waals surface area contributed by atoms with Gasteiger partial charge in [-0.3, -0.25) is 0 Å².